The summed E-state index contributed by atoms with van der Waals surface area (Å²) in [5, 5.41) is 3.00. The van der Waals surface area contributed by atoms with Gasteiger partial charge in [-0.1, -0.05) is 30.0 Å². The van der Waals surface area contributed by atoms with Gasteiger partial charge in [0.15, 0.2) is 0 Å². The minimum Gasteiger partial charge on any atom is -0.263 e. The van der Waals surface area contributed by atoms with Crippen molar-refractivity contribution in [2.75, 3.05) is 0 Å². The molecule has 0 fully saturated rings. The van der Waals surface area contributed by atoms with Crippen molar-refractivity contribution in [2.24, 2.45) is 4.99 Å². The number of aliphatic imine (C=N–C) groups is 1. The van der Waals surface area contributed by atoms with E-state index in [1.54, 1.807) is 18.0 Å². The van der Waals surface area contributed by atoms with Crippen molar-refractivity contribution in [1.29, 1.82) is 0 Å². The largest absolute Gasteiger partial charge is 0.263 e. The summed E-state index contributed by atoms with van der Waals surface area (Å²) in [6.45, 7) is 0. The smallest absolute Gasteiger partial charge is 0.0460 e. The van der Waals surface area contributed by atoms with Crippen LogP contribution in [0.2, 0.25) is 0 Å². The van der Waals surface area contributed by atoms with Gasteiger partial charge in [-0.25, -0.2) is 0 Å². The van der Waals surface area contributed by atoms with Gasteiger partial charge in [-0.05, 0) is 6.07 Å². The van der Waals surface area contributed by atoms with Crippen LogP contribution in [0.3, 0.4) is 0 Å². The number of benzene rings is 1. The fraction of sp³-hybridized carbons (Fsp3) is 0. The first kappa shape index (κ1) is 6.68. The van der Waals surface area contributed by atoms with E-state index < -0.39 is 0 Å². The fourth-order valence-electron chi connectivity index (χ4n) is 0.918. The molecule has 0 unspecified atom stereocenters. The molecule has 0 N–H and O–H groups in total. The number of nitrogens with zero attached hydrogens (tertiary/aromatic N) is 1. The second-order valence-corrected chi connectivity index (χ2v) is 3.04. The maximum Gasteiger partial charge on any atom is 0.0460 e. The summed E-state index contributed by atoms with van der Waals surface area (Å²) in [5.74, 6) is 0. The Morgan fingerprint density at radius 3 is 3.18 bits per heavy atom. The Kier molecular flexibility index (Phi) is 1.78. The second kappa shape index (κ2) is 2.93. The number of thioether (sulfide) groups is 1. The van der Waals surface area contributed by atoms with Crippen LogP contribution in [-0.2, 0) is 0 Å². The Bertz CT molecular complexity index is 315. The Balaban J connectivity index is 2.52. The lowest BCUT2D eigenvalue weighted by Gasteiger charge is -1.97. The molecule has 0 saturated carbocycles. The topological polar surface area (TPSA) is 12.4 Å². The lowest BCUT2D eigenvalue weighted by molar-refractivity contribution is 1.44. The minimum atomic E-state index is 1.17. The molecular weight excluding hydrogens is 154 g/mol. The number of fused-ring (bicyclic) bond motifs is 1. The van der Waals surface area contributed by atoms with Gasteiger partial charge in [0.2, 0.25) is 0 Å². The summed E-state index contributed by atoms with van der Waals surface area (Å²) in [6, 6.07) is 8.15. The predicted molar refractivity (Wildman–Crippen MR) is 47.7 cm³/mol. The third kappa shape index (κ3) is 1.35. The molecule has 1 aliphatic rings. The first-order valence-electron chi connectivity index (χ1n) is 3.33. The highest BCUT2D eigenvalue weighted by atomic mass is 32.2. The molecule has 1 aromatic carbocycles. The molecule has 1 radical (unpaired) electrons. The van der Waals surface area contributed by atoms with Crippen LogP contribution >= 0.6 is 11.8 Å². The second-order valence-electron chi connectivity index (χ2n) is 2.17. The zero-order valence-electron chi connectivity index (χ0n) is 5.82. The Morgan fingerprint density at radius 1 is 1.27 bits per heavy atom. The molecule has 0 atom stereocenters. The molecular formula is C9H6NS. The van der Waals surface area contributed by atoms with Crippen molar-refractivity contribution in [1.82, 2.24) is 0 Å². The van der Waals surface area contributed by atoms with E-state index in [-0.39, 0.29) is 0 Å². The highest BCUT2D eigenvalue weighted by Crippen LogP contribution is 2.23. The number of hydrogen-bond donors (Lipinski definition) is 0. The maximum absolute atomic E-state index is 4.03. The van der Waals surface area contributed by atoms with Crippen molar-refractivity contribution >= 4 is 18.0 Å². The van der Waals surface area contributed by atoms with Crippen molar-refractivity contribution in [2.45, 2.75) is 4.90 Å². The van der Waals surface area contributed by atoms with E-state index >= 15 is 0 Å². The van der Waals surface area contributed by atoms with Crippen molar-refractivity contribution < 1.29 is 0 Å². The molecule has 1 nitrogen and oxygen atoms in total. The third-order valence-corrected chi connectivity index (χ3v) is 2.24. The molecule has 0 aromatic heterocycles. The first-order chi connectivity index (χ1) is 5.47. The molecule has 0 saturated heterocycles. The summed E-state index contributed by atoms with van der Waals surface area (Å²) in [6.07, 6.45) is 3.53. The van der Waals surface area contributed by atoms with Crippen LogP contribution in [0.25, 0.3) is 0 Å². The molecule has 1 aromatic rings. The van der Waals surface area contributed by atoms with Gasteiger partial charge in [0.25, 0.3) is 0 Å². The average molecular weight is 160 g/mol. The van der Waals surface area contributed by atoms with Crippen LogP contribution < -0.4 is 0 Å². The molecule has 1 heterocycles. The van der Waals surface area contributed by atoms with Gasteiger partial charge in [0, 0.05) is 28.3 Å². The Labute approximate surface area is 69.8 Å². The van der Waals surface area contributed by atoms with E-state index in [0.717, 1.165) is 0 Å². The number of hydrogen-bond acceptors (Lipinski definition) is 2. The van der Waals surface area contributed by atoms with Crippen LogP contribution in [0.4, 0.5) is 0 Å². The minimum absolute atomic E-state index is 1.17. The van der Waals surface area contributed by atoms with Gasteiger partial charge in [-0.3, -0.25) is 4.99 Å². The predicted octanol–water partition coefficient (Wildman–Crippen LogP) is 2.49. The average Bonchev–Trinajstić information content (AvgIpc) is 2.28. The molecule has 0 amide bonds. The van der Waals surface area contributed by atoms with Gasteiger partial charge in [0.1, 0.15) is 0 Å². The van der Waals surface area contributed by atoms with Gasteiger partial charge < -0.3 is 0 Å². The highest BCUT2D eigenvalue weighted by Gasteiger charge is 1.98. The van der Waals surface area contributed by atoms with Crippen LogP contribution in [0.1, 0.15) is 5.56 Å². The monoisotopic (exact) mass is 160 g/mol. The molecule has 2 rings (SSSR count). The number of rotatable bonds is 0. The molecule has 2 heteroatoms. The molecule has 0 spiro atoms. The fourth-order valence-corrected chi connectivity index (χ4v) is 1.54. The summed E-state index contributed by atoms with van der Waals surface area (Å²) in [7, 11) is 0. The van der Waals surface area contributed by atoms with Crippen molar-refractivity contribution in [3.63, 3.8) is 0 Å². The summed E-state index contributed by atoms with van der Waals surface area (Å²) >= 11 is 1.58. The van der Waals surface area contributed by atoms with E-state index in [4.69, 9.17) is 0 Å². The highest BCUT2D eigenvalue weighted by molar-refractivity contribution is 8.01. The standard InChI is InChI=1S/C9H6NS/c1-2-4-9-8(3-1)7-10-5-6-11-9/h1-5,7H. The SMILES string of the molecule is [C]1=CN=Cc2ccccc2S1. The molecule has 0 bridgehead atoms. The third-order valence-electron chi connectivity index (χ3n) is 1.43. The van der Waals surface area contributed by atoms with Crippen LogP contribution in [0.15, 0.2) is 40.4 Å². The van der Waals surface area contributed by atoms with Gasteiger partial charge in [-0.2, -0.15) is 0 Å². The zero-order chi connectivity index (χ0) is 7.52. The van der Waals surface area contributed by atoms with E-state index in [2.05, 4.69) is 16.5 Å². The van der Waals surface area contributed by atoms with Crippen molar-refractivity contribution in [3.05, 3.63) is 41.4 Å². The summed E-state index contributed by atoms with van der Waals surface area (Å²) in [4.78, 5) is 5.24. The lowest BCUT2D eigenvalue weighted by atomic mass is 10.2. The van der Waals surface area contributed by atoms with Crippen LogP contribution in [-0.4, -0.2) is 6.21 Å². The van der Waals surface area contributed by atoms with Crippen molar-refractivity contribution in [3.8, 4) is 0 Å². The van der Waals surface area contributed by atoms with E-state index in [9.17, 15) is 0 Å². The zero-order valence-corrected chi connectivity index (χ0v) is 6.64. The maximum atomic E-state index is 4.03. The normalized spacial score (nSPS) is 14.2. The van der Waals surface area contributed by atoms with Gasteiger partial charge in [0.05, 0.1) is 0 Å². The summed E-state index contributed by atoms with van der Waals surface area (Å²) < 4.78 is 0. The van der Waals surface area contributed by atoms with Gasteiger partial charge >= 0.3 is 0 Å². The first-order valence-corrected chi connectivity index (χ1v) is 4.15. The van der Waals surface area contributed by atoms with E-state index in [1.165, 1.54) is 10.5 Å². The van der Waals surface area contributed by atoms with Crippen LogP contribution in [0.5, 0.6) is 0 Å². The van der Waals surface area contributed by atoms with E-state index in [0.29, 0.717) is 0 Å². The molecule has 11 heavy (non-hydrogen) atoms. The lowest BCUT2D eigenvalue weighted by Crippen LogP contribution is -1.81. The van der Waals surface area contributed by atoms with Gasteiger partial charge in [-0.15, -0.1) is 0 Å². The van der Waals surface area contributed by atoms with Crippen LogP contribution in [0, 0.1) is 5.41 Å². The molecule has 1 aliphatic heterocycles. The molecule has 53 valence electrons. The van der Waals surface area contributed by atoms with E-state index in [1.807, 2.05) is 24.4 Å². The quantitative estimate of drug-likeness (QED) is 0.568. The molecule has 0 aliphatic carbocycles. The summed E-state index contributed by atoms with van der Waals surface area (Å²) in [5.41, 5.74) is 1.17. The Morgan fingerprint density at radius 2 is 2.18 bits per heavy atom. The Hall–Kier alpha value is -1.02.